The molecule has 1 amide bonds. The summed E-state index contributed by atoms with van der Waals surface area (Å²) in [5.74, 6) is -0.210. The van der Waals surface area contributed by atoms with Crippen molar-refractivity contribution >= 4 is 50.5 Å². The number of nitrogens with one attached hydrogen (secondary N) is 1. The van der Waals surface area contributed by atoms with Gasteiger partial charge < -0.3 is 10.1 Å². The molecule has 1 aliphatic rings. The highest BCUT2D eigenvalue weighted by Gasteiger charge is 2.23. The molecule has 0 unspecified atom stereocenters. The third-order valence-electron chi connectivity index (χ3n) is 5.22. The van der Waals surface area contributed by atoms with Gasteiger partial charge in [-0.25, -0.2) is 13.9 Å². The maximum atomic E-state index is 13.1. The first-order chi connectivity index (χ1) is 15.0. The van der Waals surface area contributed by atoms with Crippen LogP contribution in [0.15, 0.2) is 45.3 Å². The predicted molar refractivity (Wildman–Crippen MR) is 118 cm³/mol. The fraction of sp³-hybridized carbons (Fsp3) is 0.300. The van der Waals surface area contributed by atoms with E-state index in [0.29, 0.717) is 34.1 Å². The molecule has 0 saturated carbocycles. The van der Waals surface area contributed by atoms with Gasteiger partial charge in [0.1, 0.15) is 11.2 Å². The number of aromatic nitrogens is 4. The number of hydrogen-bond acceptors (Lipinski definition) is 6. The molecule has 11 heteroatoms. The van der Waals surface area contributed by atoms with Crippen LogP contribution in [0.3, 0.4) is 0 Å². The van der Waals surface area contributed by atoms with Crippen LogP contribution in [0.1, 0.15) is 12.8 Å². The average Bonchev–Trinajstić information content (AvgIpc) is 3.48. The molecule has 9 nitrogen and oxygen atoms in total. The van der Waals surface area contributed by atoms with E-state index in [-0.39, 0.29) is 24.0 Å². The molecule has 1 saturated heterocycles. The Hall–Kier alpha value is -2.95. The Kier molecular flexibility index (Phi) is 5.12. The van der Waals surface area contributed by atoms with Crippen LogP contribution in [0.5, 0.6) is 0 Å². The number of ether oxygens (including phenoxy) is 1. The van der Waals surface area contributed by atoms with Gasteiger partial charge in [-0.3, -0.25) is 14.2 Å². The summed E-state index contributed by atoms with van der Waals surface area (Å²) in [4.78, 5) is 38.7. The van der Waals surface area contributed by atoms with E-state index in [1.807, 2.05) is 0 Å². The molecular formula is C20H18ClN5O4S. The smallest absolute Gasteiger partial charge is 0.352 e. The molecule has 0 radical (unpaired) electrons. The molecule has 1 aromatic carbocycles. The van der Waals surface area contributed by atoms with Gasteiger partial charge in [0.2, 0.25) is 11.7 Å². The van der Waals surface area contributed by atoms with Crippen LogP contribution in [0, 0.1) is 0 Å². The van der Waals surface area contributed by atoms with Crippen molar-refractivity contribution < 1.29 is 9.53 Å². The van der Waals surface area contributed by atoms with Crippen LogP contribution >= 0.6 is 22.9 Å². The summed E-state index contributed by atoms with van der Waals surface area (Å²) >= 11 is 7.14. The number of fused-ring (bicyclic) bond motifs is 3. The van der Waals surface area contributed by atoms with Crippen LogP contribution in [0.4, 0.5) is 5.69 Å². The van der Waals surface area contributed by atoms with Gasteiger partial charge >= 0.3 is 5.69 Å². The summed E-state index contributed by atoms with van der Waals surface area (Å²) in [6.07, 6.45) is 1.67. The number of hydrogen-bond donors (Lipinski definition) is 1. The van der Waals surface area contributed by atoms with Gasteiger partial charge in [-0.15, -0.1) is 16.4 Å². The van der Waals surface area contributed by atoms with Gasteiger partial charge in [-0.05, 0) is 48.6 Å². The molecule has 0 aliphatic carbocycles. The van der Waals surface area contributed by atoms with Crippen LogP contribution in [0.2, 0.25) is 5.02 Å². The molecule has 0 spiro atoms. The summed E-state index contributed by atoms with van der Waals surface area (Å²) in [5, 5.41) is 9.37. The lowest BCUT2D eigenvalue weighted by Crippen LogP contribution is -2.30. The van der Waals surface area contributed by atoms with Crippen LogP contribution < -0.4 is 16.6 Å². The number of halogens is 1. The van der Waals surface area contributed by atoms with Crippen molar-refractivity contribution in [2.75, 3.05) is 11.9 Å². The van der Waals surface area contributed by atoms with Gasteiger partial charge in [-0.1, -0.05) is 11.6 Å². The Morgan fingerprint density at radius 3 is 2.81 bits per heavy atom. The minimum atomic E-state index is -0.481. The third-order valence-corrected chi connectivity index (χ3v) is 6.36. The minimum Gasteiger partial charge on any atom is -0.376 e. The van der Waals surface area contributed by atoms with Crippen molar-refractivity contribution in [3.8, 4) is 0 Å². The highest BCUT2D eigenvalue weighted by Crippen LogP contribution is 2.19. The number of amides is 1. The quantitative estimate of drug-likeness (QED) is 0.494. The van der Waals surface area contributed by atoms with Crippen molar-refractivity contribution in [2.45, 2.75) is 32.0 Å². The van der Waals surface area contributed by atoms with Gasteiger partial charge in [0, 0.05) is 17.3 Å². The van der Waals surface area contributed by atoms with E-state index in [1.54, 1.807) is 35.7 Å². The summed E-state index contributed by atoms with van der Waals surface area (Å²) in [5.41, 5.74) is 0.353. The molecule has 1 fully saturated rings. The normalized spacial score (nSPS) is 16.4. The Bertz CT molecular complexity index is 1400. The number of carbonyl (C=O) groups excluding carboxylic acids is 1. The van der Waals surface area contributed by atoms with Crippen molar-refractivity contribution in [2.24, 2.45) is 0 Å². The molecule has 160 valence electrons. The van der Waals surface area contributed by atoms with Crippen molar-refractivity contribution in [1.29, 1.82) is 0 Å². The van der Waals surface area contributed by atoms with Crippen molar-refractivity contribution in [3.05, 3.63) is 61.6 Å². The Morgan fingerprint density at radius 1 is 1.26 bits per heavy atom. The number of thiophene rings is 1. The molecule has 3 aromatic heterocycles. The standard InChI is InChI=1S/C20H18ClN5O4S/c21-12-3-5-13(6-4-12)22-16(27)11-25-20(29)26-15-7-9-31-17(15)18(28)24(19(26)23-25)10-14-2-1-8-30-14/h3-7,9,14H,1-2,8,10-11H2,(H,22,27)/t14-/m1/s1. The zero-order valence-electron chi connectivity index (χ0n) is 16.3. The van der Waals surface area contributed by atoms with E-state index in [4.69, 9.17) is 16.3 Å². The lowest BCUT2D eigenvalue weighted by atomic mass is 10.2. The maximum absolute atomic E-state index is 13.1. The second kappa shape index (κ2) is 7.95. The summed E-state index contributed by atoms with van der Waals surface area (Å²) in [6.45, 7) is 0.676. The summed E-state index contributed by atoms with van der Waals surface area (Å²) in [6, 6.07) is 8.37. The van der Waals surface area contributed by atoms with Gasteiger partial charge in [0.05, 0.1) is 18.2 Å². The molecule has 1 atom stereocenters. The molecule has 4 aromatic rings. The highest BCUT2D eigenvalue weighted by atomic mass is 35.5. The number of rotatable bonds is 5. The Labute approximate surface area is 184 Å². The van der Waals surface area contributed by atoms with E-state index >= 15 is 0 Å². The zero-order valence-corrected chi connectivity index (χ0v) is 17.9. The molecule has 5 rings (SSSR count). The van der Waals surface area contributed by atoms with Gasteiger partial charge in [-0.2, -0.15) is 0 Å². The summed E-state index contributed by atoms with van der Waals surface area (Å²) < 4.78 is 10.1. The maximum Gasteiger partial charge on any atom is 0.352 e. The zero-order chi connectivity index (χ0) is 21.5. The van der Waals surface area contributed by atoms with Crippen molar-refractivity contribution in [3.63, 3.8) is 0 Å². The Morgan fingerprint density at radius 2 is 2.06 bits per heavy atom. The van der Waals surface area contributed by atoms with Crippen molar-refractivity contribution in [1.82, 2.24) is 18.7 Å². The van der Waals surface area contributed by atoms with E-state index in [0.717, 1.165) is 17.5 Å². The first-order valence-electron chi connectivity index (χ1n) is 9.78. The monoisotopic (exact) mass is 459 g/mol. The molecule has 0 bridgehead atoms. The van der Waals surface area contributed by atoms with E-state index in [2.05, 4.69) is 10.4 Å². The first-order valence-corrected chi connectivity index (χ1v) is 11.0. The molecule has 31 heavy (non-hydrogen) atoms. The second-order valence-corrected chi connectivity index (χ2v) is 8.67. The molecule has 1 N–H and O–H groups in total. The summed E-state index contributed by atoms with van der Waals surface area (Å²) in [7, 11) is 0. The largest absolute Gasteiger partial charge is 0.376 e. The fourth-order valence-corrected chi connectivity index (χ4v) is 4.71. The second-order valence-electron chi connectivity index (χ2n) is 7.32. The lowest BCUT2D eigenvalue weighted by Gasteiger charge is -2.12. The predicted octanol–water partition coefficient (Wildman–Crippen LogP) is 2.34. The highest BCUT2D eigenvalue weighted by molar-refractivity contribution is 7.17. The lowest BCUT2D eigenvalue weighted by molar-refractivity contribution is -0.117. The number of benzene rings is 1. The molecule has 4 heterocycles. The molecule has 1 aliphatic heterocycles. The minimum absolute atomic E-state index is 0.104. The van der Waals surface area contributed by atoms with Crippen LogP contribution in [0.25, 0.3) is 16.0 Å². The third kappa shape index (κ3) is 3.67. The van der Waals surface area contributed by atoms with Gasteiger partial charge in [0.25, 0.3) is 5.56 Å². The first kappa shape index (κ1) is 20.0. The van der Waals surface area contributed by atoms with E-state index in [9.17, 15) is 14.4 Å². The number of carbonyl (C=O) groups is 1. The van der Waals surface area contributed by atoms with Crippen LogP contribution in [-0.4, -0.2) is 37.4 Å². The number of nitrogens with zero attached hydrogens (tertiary/aromatic N) is 4. The van der Waals surface area contributed by atoms with Gasteiger partial charge in [0.15, 0.2) is 0 Å². The van der Waals surface area contributed by atoms with E-state index < -0.39 is 11.6 Å². The van der Waals surface area contributed by atoms with E-state index in [1.165, 1.54) is 20.3 Å². The average molecular weight is 460 g/mol. The molecular weight excluding hydrogens is 442 g/mol. The van der Waals surface area contributed by atoms with Crippen LogP contribution in [-0.2, 0) is 22.6 Å². The topological polar surface area (TPSA) is 99.6 Å². The number of anilines is 1. The SMILES string of the molecule is O=C(Cn1nc2n(C[C@H]3CCCO3)c(=O)c3sccc3n2c1=O)Nc1ccc(Cl)cc1. The Balaban J connectivity index is 1.54. The fourth-order valence-electron chi connectivity index (χ4n) is 3.76.